The molecule has 3 heterocycles. The smallest absolute Gasteiger partial charge is 0.370 e. The molecule has 4 rings (SSSR count). The van der Waals surface area contributed by atoms with Gasteiger partial charge in [0, 0.05) is 55.6 Å². The summed E-state index contributed by atoms with van der Waals surface area (Å²) < 4.78 is 40.1. The van der Waals surface area contributed by atoms with E-state index in [9.17, 15) is 18.0 Å². The van der Waals surface area contributed by atoms with Crippen LogP contribution in [0.15, 0.2) is 42.9 Å². The zero-order chi connectivity index (χ0) is 19.2. The van der Waals surface area contributed by atoms with Gasteiger partial charge in [0.2, 0.25) is 0 Å². The lowest BCUT2D eigenvalue weighted by atomic mass is 9.83. The van der Waals surface area contributed by atoms with Gasteiger partial charge in [0.25, 0.3) is 5.91 Å². The summed E-state index contributed by atoms with van der Waals surface area (Å²) in [7, 11) is 0. The molecule has 2 aromatic rings. The largest absolute Gasteiger partial charge is 0.418 e. The first kappa shape index (κ1) is 17.8. The highest BCUT2D eigenvalue weighted by Crippen LogP contribution is 2.46. The maximum Gasteiger partial charge on any atom is 0.418 e. The number of carbonyl (C=O) groups is 1. The van der Waals surface area contributed by atoms with Crippen LogP contribution in [0.25, 0.3) is 0 Å². The third-order valence-electron chi connectivity index (χ3n) is 5.59. The average Bonchev–Trinajstić information content (AvgIpc) is 3.13. The van der Waals surface area contributed by atoms with Crippen molar-refractivity contribution in [2.45, 2.75) is 13.1 Å². The molecule has 0 bridgehead atoms. The fraction of sp³-hybridized carbons (Fsp3) is 0.421. The van der Waals surface area contributed by atoms with E-state index in [1.54, 1.807) is 15.9 Å². The number of likely N-dealkylation sites (tertiary alicyclic amines) is 1. The second-order valence-corrected chi connectivity index (χ2v) is 7.52. The third-order valence-corrected chi connectivity index (χ3v) is 5.59. The second kappa shape index (κ2) is 6.21. The predicted molar refractivity (Wildman–Crippen MR) is 93.2 cm³/mol. The molecule has 2 aliphatic heterocycles. The van der Waals surface area contributed by atoms with Gasteiger partial charge in [-0.1, -0.05) is 19.1 Å². The van der Waals surface area contributed by atoms with Crippen LogP contribution in [0.3, 0.4) is 0 Å². The Labute approximate surface area is 154 Å². The number of rotatable bonds is 2. The summed E-state index contributed by atoms with van der Waals surface area (Å²) in [6.45, 7) is 4.02. The number of hydrogen-bond acceptors (Lipinski definition) is 4. The molecule has 1 aromatic heterocycles. The molecule has 8 heteroatoms. The van der Waals surface area contributed by atoms with Crippen LogP contribution < -0.4 is 4.90 Å². The molecule has 0 radical (unpaired) electrons. The van der Waals surface area contributed by atoms with E-state index in [0.717, 1.165) is 6.07 Å². The van der Waals surface area contributed by atoms with Crippen molar-refractivity contribution in [2.75, 3.05) is 31.1 Å². The van der Waals surface area contributed by atoms with Crippen LogP contribution in [-0.2, 0) is 6.18 Å². The monoisotopic (exact) mass is 376 g/mol. The van der Waals surface area contributed by atoms with Crippen molar-refractivity contribution < 1.29 is 18.0 Å². The summed E-state index contributed by atoms with van der Waals surface area (Å²) in [5, 5.41) is 0. The normalized spacial score (nSPS) is 25.0. The number of aromatic nitrogens is 2. The topological polar surface area (TPSA) is 49.3 Å². The maximum atomic E-state index is 13.4. The van der Waals surface area contributed by atoms with Gasteiger partial charge in [-0.05, 0) is 12.1 Å². The van der Waals surface area contributed by atoms with Crippen molar-refractivity contribution in [1.82, 2.24) is 14.9 Å². The zero-order valence-corrected chi connectivity index (χ0v) is 14.8. The van der Waals surface area contributed by atoms with E-state index in [0.29, 0.717) is 31.9 Å². The Morgan fingerprint density at radius 3 is 2.63 bits per heavy atom. The highest BCUT2D eigenvalue weighted by Gasteiger charge is 2.51. The number of para-hydroxylation sites is 1. The lowest BCUT2D eigenvalue weighted by Crippen LogP contribution is -2.36. The van der Waals surface area contributed by atoms with Gasteiger partial charge < -0.3 is 9.80 Å². The number of alkyl halides is 3. The van der Waals surface area contributed by atoms with Crippen molar-refractivity contribution in [1.29, 1.82) is 0 Å². The van der Waals surface area contributed by atoms with Crippen LogP contribution >= 0.6 is 0 Å². The number of carbonyl (C=O) groups excluding carboxylic acids is 1. The van der Waals surface area contributed by atoms with Crippen molar-refractivity contribution in [3.05, 3.63) is 54.1 Å². The van der Waals surface area contributed by atoms with Gasteiger partial charge in [0.15, 0.2) is 0 Å². The molecule has 0 spiro atoms. The van der Waals surface area contributed by atoms with Crippen molar-refractivity contribution in [3.63, 3.8) is 0 Å². The Bertz CT molecular complexity index is 858. The number of fused-ring (bicyclic) bond motifs is 1. The molecule has 0 N–H and O–H groups in total. The second-order valence-electron chi connectivity index (χ2n) is 7.52. The summed E-state index contributed by atoms with van der Waals surface area (Å²) in [6, 6.07) is 5.68. The Morgan fingerprint density at radius 1 is 1.19 bits per heavy atom. The summed E-state index contributed by atoms with van der Waals surface area (Å²) in [6.07, 6.45) is 0.0300. The molecule has 2 fully saturated rings. The van der Waals surface area contributed by atoms with Crippen LogP contribution in [0.4, 0.5) is 18.9 Å². The van der Waals surface area contributed by atoms with Gasteiger partial charge in [-0.3, -0.25) is 9.78 Å². The van der Waals surface area contributed by atoms with Crippen molar-refractivity contribution in [3.8, 4) is 0 Å². The van der Waals surface area contributed by atoms with Crippen molar-refractivity contribution >= 4 is 11.6 Å². The highest BCUT2D eigenvalue weighted by molar-refractivity contribution is 5.92. The summed E-state index contributed by atoms with van der Waals surface area (Å²) in [5.74, 6) is -0.0691. The number of benzene rings is 1. The summed E-state index contributed by atoms with van der Waals surface area (Å²) in [5.41, 5.74) is -0.356. The van der Waals surface area contributed by atoms with E-state index in [1.165, 1.54) is 30.7 Å². The standard InChI is InChI=1S/C19H19F3N4O/c1-18-11-25(16-5-3-2-4-14(16)19(20,21)22)9-13(18)10-26(12-18)17(27)15-8-23-6-7-24-15/h2-8,13H,9-12H2,1H3/t13-,18+/m1/s1. The third kappa shape index (κ3) is 3.13. The molecule has 5 nitrogen and oxygen atoms in total. The Hall–Kier alpha value is -2.64. The number of anilines is 1. The van der Waals surface area contributed by atoms with E-state index < -0.39 is 11.7 Å². The van der Waals surface area contributed by atoms with Gasteiger partial charge in [-0.2, -0.15) is 13.2 Å². The molecule has 1 aromatic carbocycles. The summed E-state index contributed by atoms with van der Waals surface area (Å²) >= 11 is 0. The minimum absolute atomic E-state index is 0.111. The van der Waals surface area contributed by atoms with E-state index in [1.807, 2.05) is 6.92 Å². The molecule has 27 heavy (non-hydrogen) atoms. The summed E-state index contributed by atoms with van der Waals surface area (Å²) in [4.78, 5) is 24.1. The molecule has 2 aliphatic rings. The van der Waals surface area contributed by atoms with Crippen LogP contribution in [0.2, 0.25) is 0 Å². The molecule has 1 amide bonds. The fourth-order valence-electron chi connectivity index (χ4n) is 4.24. The predicted octanol–water partition coefficient (Wildman–Crippen LogP) is 3.09. The van der Waals surface area contributed by atoms with Gasteiger partial charge in [-0.15, -0.1) is 0 Å². The Kier molecular flexibility index (Phi) is 4.09. The zero-order valence-electron chi connectivity index (χ0n) is 14.8. The van der Waals surface area contributed by atoms with E-state index in [-0.39, 0.29) is 22.9 Å². The average molecular weight is 376 g/mol. The number of hydrogen-bond donors (Lipinski definition) is 0. The van der Waals surface area contributed by atoms with Gasteiger partial charge >= 0.3 is 6.18 Å². The van der Waals surface area contributed by atoms with E-state index in [2.05, 4.69) is 9.97 Å². The van der Waals surface area contributed by atoms with Gasteiger partial charge in [-0.25, -0.2) is 4.98 Å². The molecule has 0 saturated carbocycles. The van der Waals surface area contributed by atoms with E-state index in [4.69, 9.17) is 0 Å². The van der Waals surface area contributed by atoms with E-state index >= 15 is 0 Å². The first-order chi connectivity index (χ1) is 12.8. The quantitative estimate of drug-likeness (QED) is 0.808. The lowest BCUT2D eigenvalue weighted by Gasteiger charge is -2.28. The lowest BCUT2D eigenvalue weighted by molar-refractivity contribution is -0.137. The Balaban J connectivity index is 1.53. The van der Waals surface area contributed by atoms with Crippen LogP contribution in [0.5, 0.6) is 0 Å². The Morgan fingerprint density at radius 2 is 1.96 bits per heavy atom. The molecular weight excluding hydrogens is 357 g/mol. The molecule has 0 unspecified atom stereocenters. The van der Waals surface area contributed by atoms with Crippen LogP contribution in [-0.4, -0.2) is 47.0 Å². The fourth-order valence-corrected chi connectivity index (χ4v) is 4.24. The van der Waals surface area contributed by atoms with Crippen molar-refractivity contribution in [2.24, 2.45) is 11.3 Å². The molecule has 142 valence electrons. The highest BCUT2D eigenvalue weighted by atomic mass is 19.4. The maximum absolute atomic E-state index is 13.4. The number of halogens is 3. The first-order valence-electron chi connectivity index (χ1n) is 8.74. The number of amides is 1. The van der Waals surface area contributed by atoms with Gasteiger partial charge in [0.05, 0.1) is 11.8 Å². The molecular formula is C19H19F3N4O. The molecule has 2 saturated heterocycles. The molecule has 2 atom stereocenters. The minimum atomic E-state index is -4.39. The van der Waals surface area contributed by atoms with Gasteiger partial charge in [0.1, 0.15) is 5.69 Å². The molecule has 0 aliphatic carbocycles. The first-order valence-corrected chi connectivity index (χ1v) is 8.74. The SMILES string of the molecule is C[C@]12CN(C(=O)c3cnccn3)C[C@H]1CN(c1ccccc1C(F)(F)F)C2. The van der Waals surface area contributed by atoms with Crippen LogP contribution in [0, 0.1) is 11.3 Å². The van der Waals surface area contributed by atoms with Crippen LogP contribution in [0.1, 0.15) is 23.0 Å². The number of nitrogens with zero attached hydrogens (tertiary/aromatic N) is 4. The minimum Gasteiger partial charge on any atom is -0.370 e.